The number of aliphatic hydroxyl groups is 2. The zero-order valence-electron chi connectivity index (χ0n) is 11.5. The van der Waals surface area contributed by atoms with Crippen LogP contribution in [0.25, 0.3) is 0 Å². The van der Waals surface area contributed by atoms with Crippen molar-refractivity contribution in [2.24, 2.45) is 0 Å². The molecule has 4 nitrogen and oxygen atoms in total. The SMILES string of the molecule is COC1CCC(O)(C2(O)CCCCC2OC)CC1. The molecular formula is C14H26O4. The maximum Gasteiger partial charge on any atom is 0.119 e. The van der Waals surface area contributed by atoms with Gasteiger partial charge in [-0.25, -0.2) is 0 Å². The number of rotatable bonds is 3. The molecule has 2 aliphatic carbocycles. The van der Waals surface area contributed by atoms with Crippen LogP contribution in [-0.4, -0.2) is 47.8 Å². The molecule has 0 spiro atoms. The average Bonchev–Trinajstić information content (AvgIpc) is 2.40. The van der Waals surface area contributed by atoms with Crippen LogP contribution in [0.4, 0.5) is 0 Å². The second kappa shape index (κ2) is 5.45. The summed E-state index contributed by atoms with van der Waals surface area (Å²) in [5.41, 5.74) is -2.10. The highest BCUT2D eigenvalue weighted by Gasteiger charge is 2.55. The Morgan fingerprint density at radius 3 is 2.11 bits per heavy atom. The zero-order chi connectivity index (χ0) is 13.2. The van der Waals surface area contributed by atoms with Crippen LogP contribution in [0, 0.1) is 0 Å². The number of hydrogen-bond donors (Lipinski definition) is 2. The molecule has 0 aromatic rings. The van der Waals surface area contributed by atoms with Gasteiger partial charge in [0.1, 0.15) is 5.60 Å². The fourth-order valence-electron chi connectivity index (χ4n) is 3.71. The third kappa shape index (κ3) is 2.31. The van der Waals surface area contributed by atoms with E-state index in [-0.39, 0.29) is 12.2 Å². The largest absolute Gasteiger partial charge is 0.387 e. The molecule has 2 atom stereocenters. The molecule has 4 heteroatoms. The summed E-state index contributed by atoms with van der Waals surface area (Å²) in [5.74, 6) is 0. The molecule has 0 aromatic heterocycles. The fourth-order valence-corrected chi connectivity index (χ4v) is 3.71. The van der Waals surface area contributed by atoms with Gasteiger partial charge in [-0.05, 0) is 38.5 Å². The summed E-state index contributed by atoms with van der Waals surface area (Å²) >= 11 is 0. The first-order valence-corrected chi connectivity index (χ1v) is 7.06. The Morgan fingerprint density at radius 2 is 1.56 bits per heavy atom. The van der Waals surface area contributed by atoms with Gasteiger partial charge in [0.2, 0.25) is 0 Å². The summed E-state index contributed by atoms with van der Waals surface area (Å²) in [6, 6.07) is 0. The lowest BCUT2D eigenvalue weighted by Crippen LogP contribution is -2.64. The van der Waals surface area contributed by atoms with Crippen LogP contribution in [0.1, 0.15) is 51.4 Å². The van der Waals surface area contributed by atoms with Crippen molar-refractivity contribution >= 4 is 0 Å². The van der Waals surface area contributed by atoms with Crippen LogP contribution in [0.2, 0.25) is 0 Å². The Bertz CT molecular complexity index is 273. The van der Waals surface area contributed by atoms with Gasteiger partial charge in [-0.15, -0.1) is 0 Å². The van der Waals surface area contributed by atoms with E-state index in [0.29, 0.717) is 19.3 Å². The molecule has 0 aromatic carbocycles. The highest BCUT2D eigenvalue weighted by atomic mass is 16.5. The molecule has 18 heavy (non-hydrogen) atoms. The molecule has 0 amide bonds. The second-order valence-corrected chi connectivity index (χ2v) is 5.86. The van der Waals surface area contributed by atoms with Crippen LogP contribution >= 0.6 is 0 Å². The lowest BCUT2D eigenvalue weighted by Gasteiger charge is -2.52. The van der Waals surface area contributed by atoms with Crippen molar-refractivity contribution in [2.45, 2.75) is 74.8 Å². The molecule has 2 saturated carbocycles. The monoisotopic (exact) mass is 258 g/mol. The summed E-state index contributed by atoms with van der Waals surface area (Å²) in [6.07, 6.45) is 6.31. The third-order valence-electron chi connectivity index (χ3n) is 4.99. The molecular weight excluding hydrogens is 232 g/mol. The minimum Gasteiger partial charge on any atom is -0.387 e. The van der Waals surface area contributed by atoms with E-state index >= 15 is 0 Å². The summed E-state index contributed by atoms with van der Waals surface area (Å²) < 4.78 is 10.8. The molecule has 0 heterocycles. The Kier molecular flexibility index (Phi) is 4.32. The van der Waals surface area contributed by atoms with Gasteiger partial charge in [-0.1, -0.05) is 12.8 Å². The van der Waals surface area contributed by atoms with E-state index in [2.05, 4.69) is 0 Å². The van der Waals surface area contributed by atoms with Crippen LogP contribution in [0.3, 0.4) is 0 Å². The van der Waals surface area contributed by atoms with Crippen LogP contribution in [0.5, 0.6) is 0 Å². The van der Waals surface area contributed by atoms with E-state index in [1.165, 1.54) is 0 Å². The van der Waals surface area contributed by atoms with E-state index < -0.39 is 11.2 Å². The van der Waals surface area contributed by atoms with Gasteiger partial charge in [-0.3, -0.25) is 0 Å². The molecule has 2 unspecified atom stereocenters. The van der Waals surface area contributed by atoms with Gasteiger partial charge in [-0.2, -0.15) is 0 Å². The summed E-state index contributed by atoms with van der Waals surface area (Å²) in [4.78, 5) is 0. The van der Waals surface area contributed by atoms with E-state index in [9.17, 15) is 10.2 Å². The standard InChI is InChI=1S/C14H26O4/c1-17-11-6-9-13(15,10-7-11)14(16)8-4-3-5-12(14)18-2/h11-12,15-16H,3-10H2,1-2H3. The molecule has 0 bridgehead atoms. The Hall–Kier alpha value is -0.160. The van der Waals surface area contributed by atoms with E-state index in [4.69, 9.17) is 9.47 Å². The minimum absolute atomic E-state index is 0.221. The molecule has 0 aliphatic heterocycles. The second-order valence-electron chi connectivity index (χ2n) is 5.86. The zero-order valence-corrected chi connectivity index (χ0v) is 11.5. The lowest BCUT2D eigenvalue weighted by molar-refractivity contribution is -0.238. The van der Waals surface area contributed by atoms with Crippen molar-refractivity contribution in [1.29, 1.82) is 0 Å². The first-order chi connectivity index (χ1) is 8.55. The first-order valence-electron chi connectivity index (χ1n) is 7.06. The Labute approximate surface area is 109 Å². The molecule has 2 N–H and O–H groups in total. The smallest absolute Gasteiger partial charge is 0.119 e. The highest BCUT2D eigenvalue weighted by molar-refractivity contribution is 5.08. The van der Waals surface area contributed by atoms with Crippen molar-refractivity contribution in [2.75, 3.05) is 14.2 Å². The van der Waals surface area contributed by atoms with E-state index in [1.807, 2.05) is 0 Å². The fraction of sp³-hybridized carbons (Fsp3) is 1.00. The third-order valence-corrected chi connectivity index (χ3v) is 4.99. The minimum atomic E-state index is -1.08. The van der Waals surface area contributed by atoms with Gasteiger partial charge in [0, 0.05) is 14.2 Å². The predicted molar refractivity (Wildman–Crippen MR) is 68.4 cm³/mol. The van der Waals surface area contributed by atoms with Crippen molar-refractivity contribution < 1.29 is 19.7 Å². The van der Waals surface area contributed by atoms with Crippen LogP contribution < -0.4 is 0 Å². The summed E-state index contributed by atoms with van der Waals surface area (Å²) in [7, 11) is 3.34. The maximum absolute atomic E-state index is 11.0. The molecule has 2 aliphatic rings. The van der Waals surface area contributed by atoms with Crippen LogP contribution in [-0.2, 0) is 9.47 Å². The van der Waals surface area contributed by atoms with Crippen molar-refractivity contribution in [3.05, 3.63) is 0 Å². The summed E-state index contributed by atoms with van der Waals surface area (Å²) in [5, 5.41) is 21.8. The molecule has 0 saturated heterocycles. The predicted octanol–water partition coefficient (Wildman–Crippen LogP) is 1.63. The number of methoxy groups -OCH3 is 2. The van der Waals surface area contributed by atoms with Gasteiger partial charge in [0.05, 0.1) is 17.8 Å². The number of hydrogen-bond acceptors (Lipinski definition) is 4. The van der Waals surface area contributed by atoms with Gasteiger partial charge in [0.15, 0.2) is 0 Å². The average molecular weight is 258 g/mol. The van der Waals surface area contributed by atoms with E-state index in [0.717, 1.165) is 32.1 Å². The topological polar surface area (TPSA) is 58.9 Å². The maximum atomic E-state index is 11.0. The Morgan fingerprint density at radius 1 is 0.889 bits per heavy atom. The van der Waals surface area contributed by atoms with Crippen molar-refractivity contribution in [3.8, 4) is 0 Å². The van der Waals surface area contributed by atoms with Gasteiger partial charge < -0.3 is 19.7 Å². The Balaban J connectivity index is 2.12. The van der Waals surface area contributed by atoms with Gasteiger partial charge >= 0.3 is 0 Å². The molecule has 0 radical (unpaired) electrons. The molecule has 2 rings (SSSR count). The van der Waals surface area contributed by atoms with Crippen molar-refractivity contribution in [3.63, 3.8) is 0 Å². The first kappa shape index (κ1) is 14.3. The lowest BCUT2D eigenvalue weighted by atomic mass is 9.64. The van der Waals surface area contributed by atoms with Crippen LogP contribution in [0.15, 0.2) is 0 Å². The molecule has 106 valence electrons. The summed E-state index contributed by atoms with van der Waals surface area (Å²) in [6.45, 7) is 0. The quantitative estimate of drug-likeness (QED) is 0.807. The van der Waals surface area contributed by atoms with Crippen molar-refractivity contribution in [1.82, 2.24) is 0 Å². The van der Waals surface area contributed by atoms with Gasteiger partial charge in [0.25, 0.3) is 0 Å². The highest BCUT2D eigenvalue weighted by Crippen LogP contribution is 2.46. The van der Waals surface area contributed by atoms with E-state index in [1.54, 1.807) is 14.2 Å². The normalized spacial score (nSPS) is 46.0. The number of ether oxygens (including phenoxy) is 2. The molecule has 2 fully saturated rings.